The Morgan fingerprint density at radius 2 is 2.06 bits per heavy atom. The third-order valence-corrected chi connectivity index (χ3v) is 7.02. The lowest BCUT2D eigenvalue weighted by atomic mass is 9.81. The molecule has 1 saturated heterocycles. The highest BCUT2D eigenvalue weighted by molar-refractivity contribution is 7.19. The normalized spacial score (nSPS) is 20.4. The number of anilines is 2. The van der Waals surface area contributed by atoms with E-state index in [1.54, 1.807) is 6.08 Å². The molecule has 0 radical (unpaired) electrons. The first-order valence-corrected chi connectivity index (χ1v) is 11.3. The Hall–Kier alpha value is -2.79. The van der Waals surface area contributed by atoms with Crippen LogP contribution in [0.4, 0.5) is 24.0 Å². The number of rotatable bonds is 3. The molecule has 33 heavy (non-hydrogen) atoms. The Balaban J connectivity index is 1.73. The SMILES string of the molecule is CC=C(Nc1ncc(Cl)s1)N1CC2(CCN(C(=O)C(=O)NC)C2)c2cc(C(F)(F)F)ccc21. The van der Waals surface area contributed by atoms with E-state index in [1.165, 1.54) is 35.5 Å². The van der Waals surface area contributed by atoms with Crippen molar-refractivity contribution in [2.24, 2.45) is 0 Å². The van der Waals surface area contributed by atoms with Gasteiger partial charge >= 0.3 is 18.0 Å². The number of likely N-dealkylation sites (tertiary alicyclic amines) is 1. The van der Waals surface area contributed by atoms with E-state index in [2.05, 4.69) is 15.6 Å². The van der Waals surface area contributed by atoms with Gasteiger partial charge in [-0.3, -0.25) is 9.59 Å². The summed E-state index contributed by atoms with van der Waals surface area (Å²) in [5, 5.41) is 6.04. The van der Waals surface area contributed by atoms with Crippen molar-refractivity contribution in [1.29, 1.82) is 0 Å². The molecule has 1 fully saturated rings. The quantitative estimate of drug-likeness (QED) is 0.628. The minimum absolute atomic E-state index is 0.143. The molecule has 176 valence electrons. The Morgan fingerprint density at radius 1 is 1.30 bits per heavy atom. The molecule has 7 nitrogen and oxygen atoms in total. The second-order valence-corrected chi connectivity index (χ2v) is 9.58. The van der Waals surface area contributed by atoms with Gasteiger partial charge < -0.3 is 20.4 Å². The van der Waals surface area contributed by atoms with Crippen molar-refractivity contribution in [2.45, 2.75) is 24.9 Å². The van der Waals surface area contributed by atoms with Gasteiger partial charge in [-0.05, 0) is 43.2 Å². The zero-order chi connectivity index (χ0) is 24.0. The van der Waals surface area contributed by atoms with Crippen LogP contribution in [0.1, 0.15) is 24.5 Å². The maximum atomic E-state index is 13.5. The van der Waals surface area contributed by atoms with Crippen LogP contribution < -0.4 is 15.5 Å². The van der Waals surface area contributed by atoms with Crippen molar-refractivity contribution in [3.05, 3.63) is 51.8 Å². The number of carbonyl (C=O) groups is 2. The number of alkyl halides is 3. The number of likely N-dealkylation sites (N-methyl/N-ethyl adjacent to an activating group) is 1. The van der Waals surface area contributed by atoms with Crippen LogP contribution in [-0.4, -0.2) is 48.4 Å². The van der Waals surface area contributed by atoms with Gasteiger partial charge in [-0.2, -0.15) is 13.2 Å². The third kappa shape index (κ3) is 4.26. The number of hydrogen-bond acceptors (Lipinski definition) is 6. The van der Waals surface area contributed by atoms with E-state index in [1.807, 2.05) is 11.8 Å². The summed E-state index contributed by atoms with van der Waals surface area (Å²) < 4.78 is 41.1. The third-order valence-electron chi connectivity index (χ3n) is 5.99. The predicted molar refractivity (Wildman–Crippen MR) is 120 cm³/mol. The molecule has 1 spiro atoms. The van der Waals surface area contributed by atoms with E-state index in [4.69, 9.17) is 11.6 Å². The van der Waals surface area contributed by atoms with Crippen molar-refractivity contribution < 1.29 is 22.8 Å². The minimum atomic E-state index is -4.50. The molecule has 1 atom stereocenters. The standard InChI is InChI=1S/C21H21ClF3N5O2S/c1-3-16(28-19-27-9-15(22)33-19)30-11-20(6-7-29(10-20)18(32)17(31)26-2)13-8-12(21(23,24)25)4-5-14(13)30/h3-5,8-9H,6-7,10-11H2,1-2H3,(H,26,31)(H,27,28). The van der Waals surface area contributed by atoms with Crippen LogP contribution in [0.25, 0.3) is 0 Å². The number of nitrogens with one attached hydrogen (secondary N) is 2. The van der Waals surface area contributed by atoms with Crippen molar-refractivity contribution in [3.8, 4) is 0 Å². The molecule has 0 aliphatic carbocycles. The zero-order valence-electron chi connectivity index (χ0n) is 17.8. The van der Waals surface area contributed by atoms with Gasteiger partial charge in [-0.25, -0.2) is 4.98 Å². The molecule has 1 unspecified atom stereocenters. The summed E-state index contributed by atoms with van der Waals surface area (Å²) in [7, 11) is 1.36. The molecular weight excluding hydrogens is 479 g/mol. The van der Waals surface area contributed by atoms with E-state index < -0.39 is 29.0 Å². The lowest BCUT2D eigenvalue weighted by Gasteiger charge is -2.27. The average molecular weight is 500 g/mol. The summed E-state index contributed by atoms with van der Waals surface area (Å²) >= 11 is 7.22. The fourth-order valence-corrected chi connectivity index (χ4v) is 5.24. The minimum Gasteiger partial charge on any atom is -0.351 e. The van der Waals surface area contributed by atoms with Crippen LogP contribution in [0.5, 0.6) is 0 Å². The molecule has 2 aliphatic rings. The van der Waals surface area contributed by atoms with Crippen LogP contribution in [0.15, 0.2) is 36.3 Å². The van der Waals surface area contributed by atoms with Gasteiger partial charge in [0.1, 0.15) is 10.2 Å². The Labute approximate surface area is 197 Å². The van der Waals surface area contributed by atoms with E-state index in [9.17, 15) is 22.8 Å². The second-order valence-electron chi connectivity index (χ2n) is 7.92. The number of nitrogens with zero attached hydrogens (tertiary/aromatic N) is 3. The largest absolute Gasteiger partial charge is 0.416 e. The first-order chi connectivity index (χ1) is 15.6. The topological polar surface area (TPSA) is 77.6 Å². The number of halogens is 4. The number of hydrogen-bond donors (Lipinski definition) is 2. The summed E-state index contributed by atoms with van der Waals surface area (Å²) in [6.45, 7) is 2.57. The first kappa shape index (κ1) is 23.4. The summed E-state index contributed by atoms with van der Waals surface area (Å²) in [6.07, 6.45) is -0.756. The molecule has 1 aromatic heterocycles. The van der Waals surface area contributed by atoms with Crippen molar-refractivity contribution in [1.82, 2.24) is 15.2 Å². The van der Waals surface area contributed by atoms with Crippen molar-refractivity contribution in [3.63, 3.8) is 0 Å². The molecular formula is C21H21ClF3N5O2S. The van der Waals surface area contributed by atoms with Gasteiger partial charge in [0.15, 0.2) is 5.13 Å². The van der Waals surface area contributed by atoms with Crippen molar-refractivity contribution >= 4 is 45.6 Å². The molecule has 1 aromatic carbocycles. The highest BCUT2D eigenvalue weighted by atomic mass is 35.5. The van der Waals surface area contributed by atoms with Crippen LogP contribution in [0.2, 0.25) is 4.34 Å². The lowest BCUT2D eigenvalue weighted by molar-refractivity contribution is -0.145. The van der Waals surface area contributed by atoms with Crippen LogP contribution in [0, 0.1) is 0 Å². The zero-order valence-corrected chi connectivity index (χ0v) is 19.4. The maximum Gasteiger partial charge on any atom is 0.416 e. The van der Waals surface area contributed by atoms with Crippen LogP contribution >= 0.6 is 22.9 Å². The van der Waals surface area contributed by atoms with E-state index >= 15 is 0 Å². The van der Waals surface area contributed by atoms with Gasteiger partial charge in [0, 0.05) is 37.8 Å². The fraction of sp³-hybridized carbons (Fsp3) is 0.381. The molecule has 0 saturated carbocycles. The molecule has 2 aliphatic heterocycles. The second kappa shape index (κ2) is 8.53. The van der Waals surface area contributed by atoms with Gasteiger partial charge in [0.05, 0.1) is 11.8 Å². The molecule has 2 amide bonds. The summed E-state index contributed by atoms with van der Waals surface area (Å²) in [5.74, 6) is -0.805. The molecule has 2 aromatic rings. The van der Waals surface area contributed by atoms with E-state index in [0.29, 0.717) is 39.5 Å². The van der Waals surface area contributed by atoms with Gasteiger partial charge in [-0.1, -0.05) is 22.9 Å². The fourth-order valence-electron chi connectivity index (χ4n) is 4.42. The average Bonchev–Trinajstić information content (AvgIpc) is 3.48. The summed E-state index contributed by atoms with van der Waals surface area (Å²) in [4.78, 5) is 31.8. The number of thiazole rings is 1. The lowest BCUT2D eigenvalue weighted by Crippen LogP contribution is -2.43. The van der Waals surface area contributed by atoms with E-state index in [-0.39, 0.29) is 13.1 Å². The van der Waals surface area contributed by atoms with Gasteiger partial charge in [-0.15, -0.1) is 0 Å². The monoisotopic (exact) mass is 499 g/mol. The molecule has 4 rings (SSSR count). The summed E-state index contributed by atoms with van der Waals surface area (Å²) in [6, 6.07) is 3.67. The molecule has 2 N–H and O–H groups in total. The van der Waals surface area contributed by atoms with E-state index in [0.717, 1.165) is 12.1 Å². The number of amides is 2. The van der Waals surface area contributed by atoms with Crippen LogP contribution in [-0.2, 0) is 21.2 Å². The first-order valence-electron chi connectivity index (χ1n) is 10.1. The number of fused-ring (bicyclic) bond motifs is 2. The van der Waals surface area contributed by atoms with Crippen LogP contribution in [0.3, 0.4) is 0 Å². The smallest absolute Gasteiger partial charge is 0.351 e. The Morgan fingerprint density at radius 3 is 2.67 bits per heavy atom. The number of aromatic nitrogens is 1. The maximum absolute atomic E-state index is 13.5. The Kier molecular flexibility index (Phi) is 6.04. The Bertz CT molecular complexity index is 1140. The number of allylic oxidation sites excluding steroid dienone is 1. The summed E-state index contributed by atoms with van der Waals surface area (Å²) in [5.41, 5.74) is -0.389. The molecule has 3 heterocycles. The van der Waals surface area contributed by atoms with Gasteiger partial charge in [0.25, 0.3) is 0 Å². The molecule has 12 heteroatoms. The van der Waals surface area contributed by atoms with Crippen molar-refractivity contribution in [2.75, 3.05) is 36.9 Å². The number of carbonyl (C=O) groups excluding carboxylic acids is 2. The van der Waals surface area contributed by atoms with Gasteiger partial charge in [0.2, 0.25) is 0 Å². The predicted octanol–water partition coefficient (Wildman–Crippen LogP) is 3.82. The molecule has 0 bridgehead atoms. The highest BCUT2D eigenvalue weighted by Gasteiger charge is 2.50. The number of benzene rings is 1. The highest BCUT2D eigenvalue weighted by Crippen LogP contribution is 2.49.